The third-order valence-electron chi connectivity index (χ3n) is 5.59. The second kappa shape index (κ2) is 10.2. The van der Waals surface area contributed by atoms with Gasteiger partial charge in [-0.1, -0.05) is 11.2 Å². The van der Waals surface area contributed by atoms with Crippen LogP contribution >= 0.6 is 0 Å². The maximum absolute atomic E-state index is 12.5. The molecule has 0 unspecified atom stereocenters. The van der Waals surface area contributed by atoms with Crippen LogP contribution in [0.4, 0.5) is 5.82 Å². The van der Waals surface area contributed by atoms with Crippen molar-refractivity contribution in [1.29, 1.82) is 0 Å². The van der Waals surface area contributed by atoms with E-state index in [1.54, 1.807) is 35.4 Å². The molecule has 1 fully saturated rings. The van der Waals surface area contributed by atoms with Crippen molar-refractivity contribution in [2.75, 3.05) is 37.7 Å². The maximum atomic E-state index is 12.5. The number of esters is 1. The van der Waals surface area contributed by atoms with Crippen molar-refractivity contribution in [1.82, 2.24) is 15.0 Å². The molecule has 1 amide bonds. The third kappa shape index (κ3) is 5.49. The molecule has 0 radical (unpaired) electrons. The second-order valence-electron chi connectivity index (χ2n) is 7.75. The lowest BCUT2D eigenvalue weighted by Crippen LogP contribution is -2.50. The number of aryl methyl sites for hydroxylation is 2. The van der Waals surface area contributed by atoms with E-state index in [0.29, 0.717) is 44.1 Å². The summed E-state index contributed by atoms with van der Waals surface area (Å²) in [5, 5.41) is 3.90. The largest absolute Gasteiger partial charge is 0.489 e. The predicted octanol–water partition coefficient (Wildman–Crippen LogP) is 2.77. The van der Waals surface area contributed by atoms with Crippen molar-refractivity contribution in [3.05, 3.63) is 71.2 Å². The Morgan fingerprint density at radius 1 is 1.03 bits per heavy atom. The highest BCUT2D eigenvalue weighted by atomic mass is 16.5. The molecule has 1 aliphatic rings. The van der Waals surface area contributed by atoms with Crippen LogP contribution in [0.2, 0.25) is 0 Å². The van der Waals surface area contributed by atoms with E-state index >= 15 is 0 Å². The number of rotatable bonds is 7. The smallest absolute Gasteiger partial charge is 0.338 e. The van der Waals surface area contributed by atoms with Gasteiger partial charge in [0.1, 0.15) is 23.9 Å². The van der Waals surface area contributed by atoms with E-state index < -0.39 is 5.97 Å². The molecule has 3 aromatic rings. The van der Waals surface area contributed by atoms with Crippen LogP contribution in [0.15, 0.2) is 53.2 Å². The van der Waals surface area contributed by atoms with E-state index in [-0.39, 0.29) is 12.5 Å². The average molecular weight is 450 g/mol. The van der Waals surface area contributed by atoms with Gasteiger partial charge in [0.15, 0.2) is 6.61 Å². The van der Waals surface area contributed by atoms with Crippen LogP contribution in [0.5, 0.6) is 5.75 Å². The number of ether oxygens (including phenoxy) is 2. The zero-order chi connectivity index (χ0) is 23.2. The summed E-state index contributed by atoms with van der Waals surface area (Å²) in [6.45, 7) is 6.22. The molecule has 3 heterocycles. The summed E-state index contributed by atoms with van der Waals surface area (Å²) in [5.41, 5.74) is 2.04. The number of piperazine rings is 1. The number of carbonyl (C=O) groups excluding carboxylic acids is 2. The monoisotopic (exact) mass is 450 g/mol. The van der Waals surface area contributed by atoms with Crippen LogP contribution in [0.1, 0.15) is 27.4 Å². The van der Waals surface area contributed by atoms with Crippen LogP contribution in [-0.2, 0) is 16.1 Å². The first-order valence-corrected chi connectivity index (χ1v) is 10.8. The lowest BCUT2D eigenvalue weighted by Gasteiger charge is -2.35. The van der Waals surface area contributed by atoms with Crippen LogP contribution in [0.3, 0.4) is 0 Å². The summed E-state index contributed by atoms with van der Waals surface area (Å²) in [7, 11) is 0. The fourth-order valence-electron chi connectivity index (χ4n) is 3.58. The van der Waals surface area contributed by atoms with Gasteiger partial charge >= 0.3 is 5.97 Å². The number of pyridine rings is 1. The summed E-state index contributed by atoms with van der Waals surface area (Å²) in [5.74, 6) is 1.47. The van der Waals surface area contributed by atoms with Gasteiger partial charge < -0.3 is 23.8 Å². The Labute approximate surface area is 191 Å². The first kappa shape index (κ1) is 22.3. The molecule has 4 rings (SSSR count). The quantitative estimate of drug-likeness (QED) is 0.507. The minimum Gasteiger partial charge on any atom is -0.489 e. The van der Waals surface area contributed by atoms with Crippen molar-refractivity contribution in [2.45, 2.75) is 20.5 Å². The normalized spacial score (nSPS) is 13.6. The van der Waals surface area contributed by atoms with Gasteiger partial charge in [0.05, 0.1) is 16.8 Å². The number of hydrogen-bond acceptors (Lipinski definition) is 8. The number of carbonyl (C=O) groups is 2. The summed E-state index contributed by atoms with van der Waals surface area (Å²) in [6, 6.07) is 12.4. The number of benzene rings is 1. The Morgan fingerprint density at radius 2 is 1.79 bits per heavy atom. The minimum absolute atomic E-state index is 0.205. The van der Waals surface area contributed by atoms with Crippen LogP contribution < -0.4 is 9.64 Å². The van der Waals surface area contributed by atoms with Crippen LogP contribution in [-0.4, -0.2) is 59.7 Å². The van der Waals surface area contributed by atoms with E-state index in [1.165, 1.54) is 0 Å². The Balaban J connectivity index is 1.22. The van der Waals surface area contributed by atoms with Gasteiger partial charge in [0.25, 0.3) is 5.91 Å². The molecular formula is C24H26N4O5. The number of hydrogen-bond donors (Lipinski definition) is 0. The first-order chi connectivity index (χ1) is 16.0. The molecule has 0 bridgehead atoms. The molecule has 0 saturated carbocycles. The van der Waals surface area contributed by atoms with Gasteiger partial charge in [0.2, 0.25) is 0 Å². The Morgan fingerprint density at radius 3 is 2.42 bits per heavy atom. The van der Waals surface area contributed by atoms with Crippen molar-refractivity contribution < 1.29 is 23.6 Å². The van der Waals surface area contributed by atoms with Gasteiger partial charge in [-0.25, -0.2) is 9.78 Å². The van der Waals surface area contributed by atoms with Gasteiger partial charge in [-0.05, 0) is 50.2 Å². The lowest BCUT2D eigenvalue weighted by molar-refractivity contribution is -0.134. The molecule has 0 N–H and O–H groups in total. The summed E-state index contributed by atoms with van der Waals surface area (Å²) in [4.78, 5) is 33.0. The molecule has 0 spiro atoms. The summed E-state index contributed by atoms with van der Waals surface area (Å²) in [6.07, 6.45) is 1.75. The van der Waals surface area contributed by atoms with E-state index in [0.717, 1.165) is 22.8 Å². The summed E-state index contributed by atoms with van der Waals surface area (Å²) < 4.78 is 16.1. The van der Waals surface area contributed by atoms with Crippen molar-refractivity contribution in [3.63, 3.8) is 0 Å². The molecule has 0 aliphatic carbocycles. The van der Waals surface area contributed by atoms with E-state index in [9.17, 15) is 9.59 Å². The molecule has 9 nitrogen and oxygen atoms in total. The fourth-order valence-corrected chi connectivity index (χ4v) is 3.58. The zero-order valence-electron chi connectivity index (χ0n) is 18.7. The zero-order valence-corrected chi connectivity index (χ0v) is 18.7. The first-order valence-electron chi connectivity index (χ1n) is 10.8. The Hall–Kier alpha value is -3.88. The van der Waals surface area contributed by atoms with Gasteiger partial charge in [-0.2, -0.15) is 0 Å². The predicted molar refractivity (Wildman–Crippen MR) is 120 cm³/mol. The Kier molecular flexibility index (Phi) is 6.87. The molecule has 33 heavy (non-hydrogen) atoms. The molecule has 1 saturated heterocycles. The average Bonchev–Trinajstić information content (AvgIpc) is 3.18. The molecule has 9 heteroatoms. The number of anilines is 1. The van der Waals surface area contributed by atoms with E-state index in [1.807, 2.05) is 32.0 Å². The molecule has 0 atom stereocenters. The lowest BCUT2D eigenvalue weighted by atomic mass is 10.2. The molecule has 172 valence electrons. The molecular weight excluding hydrogens is 424 g/mol. The van der Waals surface area contributed by atoms with Crippen LogP contribution in [0, 0.1) is 13.8 Å². The highest BCUT2D eigenvalue weighted by molar-refractivity contribution is 5.91. The van der Waals surface area contributed by atoms with E-state index in [4.69, 9.17) is 14.0 Å². The summed E-state index contributed by atoms with van der Waals surface area (Å²) >= 11 is 0. The highest BCUT2D eigenvalue weighted by Crippen LogP contribution is 2.18. The molecule has 1 aliphatic heterocycles. The minimum atomic E-state index is -0.548. The van der Waals surface area contributed by atoms with Crippen molar-refractivity contribution >= 4 is 17.7 Å². The van der Waals surface area contributed by atoms with Crippen LogP contribution in [0.25, 0.3) is 0 Å². The SMILES string of the molecule is Cc1noc(C)c1COc1ccc(C(=O)OCC(=O)N2CCN(c3ccccn3)CC2)cc1. The van der Waals surface area contributed by atoms with E-state index in [2.05, 4.69) is 15.0 Å². The number of amides is 1. The fraction of sp³-hybridized carbons (Fsp3) is 0.333. The second-order valence-corrected chi connectivity index (χ2v) is 7.75. The van der Waals surface area contributed by atoms with Gasteiger partial charge in [-0.3, -0.25) is 4.79 Å². The number of aromatic nitrogens is 2. The maximum Gasteiger partial charge on any atom is 0.338 e. The van der Waals surface area contributed by atoms with Crippen molar-refractivity contribution in [2.24, 2.45) is 0 Å². The standard InChI is InChI=1S/C24H26N4O5/c1-17-21(18(2)33-26-17)15-31-20-8-6-19(7-9-20)24(30)32-16-23(29)28-13-11-27(12-14-28)22-5-3-4-10-25-22/h3-10H,11-16H2,1-2H3. The highest BCUT2D eigenvalue weighted by Gasteiger charge is 2.23. The molecule has 2 aromatic heterocycles. The third-order valence-corrected chi connectivity index (χ3v) is 5.59. The van der Waals surface area contributed by atoms with Crippen molar-refractivity contribution in [3.8, 4) is 5.75 Å². The topological polar surface area (TPSA) is 98.0 Å². The molecule has 1 aromatic carbocycles. The number of nitrogens with zero attached hydrogens (tertiary/aromatic N) is 4. The Bertz CT molecular complexity index is 1070. The van der Waals surface area contributed by atoms with Gasteiger partial charge in [-0.15, -0.1) is 0 Å². The van der Waals surface area contributed by atoms with Gasteiger partial charge in [0, 0.05) is 32.4 Å².